The molecule has 1 aliphatic rings. The summed E-state index contributed by atoms with van der Waals surface area (Å²) in [5.41, 5.74) is 6.17. The fourth-order valence-electron chi connectivity index (χ4n) is 4.26. The van der Waals surface area contributed by atoms with Crippen LogP contribution in [0, 0.1) is 13.8 Å². The number of aromatic nitrogens is 3. The number of rotatable bonds is 4. The predicted octanol–water partition coefficient (Wildman–Crippen LogP) is 5.23. The number of allylic oxidation sites excluding steroid dienone is 3. The highest BCUT2D eigenvalue weighted by molar-refractivity contribution is 7.27. The Morgan fingerprint density at radius 3 is 2.56 bits per heavy atom. The minimum absolute atomic E-state index is 0.00393. The van der Waals surface area contributed by atoms with Crippen LogP contribution in [0.1, 0.15) is 51.2 Å². The maximum atomic E-state index is 12.1. The number of aromatic hydroxyl groups is 1. The number of fused-ring (bicyclic) bond motifs is 2. The van der Waals surface area contributed by atoms with E-state index in [1.807, 2.05) is 57.2 Å². The van der Waals surface area contributed by atoms with Crippen LogP contribution in [0.3, 0.4) is 0 Å². The molecule has 0 spiro atoms. The van der Waals surface area contributed by atoms with E-state index in [2.05, 4.69) is 48.5 Å². The zero-order valence-corrected chi connectivity index (χ0v) is 22.2. The summed E-state index contributed by atoms with van der Waals surface area (Å²) in [4.78, 5) is 25.6. The molecule has 1 unspecified atom stereocenters. The number of nitrogens with zero attached hydrogens (tertiary/aromatic N) is 3. The van der Waals surface area contributed by atoms with Gasteiger partial charge in [0.15, 0.2) is 5.75 Å². The van der Waals surface area contributed by atoms with Crippen LogP contribution in [0.15, 0.2) is 60.8 Å². The summed E-state index contributed by atoms with van der Waals surface area (Å²) in [6.07, 6.45) is 10.5. The van der Waals surface area contributed by atoms with Crippen molar-refractivity contribution in [3.8, 4) is 5.75 Å². The topological polar surface area (TPSA) is 82.1 Å². The molecular weight excluding hydrogens is 467 g/mol. The molecule has 0 aliphatic carbocycles. The van der Waals surface area contributed by atoms with Crippen molar-refractivity contribution in [1.82, 2.24) is 19.9 Å². The lowest BCUT2D eigenvalue weighted by atomic mass is 10.0. The van der Waals surface area contributed by atoms with Gasteiger partial charge < -0.3 is 15.0 Å². The van der Waals surface area contributed by atoms with Crippen LogP contribution in [0.4, 0.5) is 0 Å². The lowest BCUT2D eigenvalue weighted by molar-refractivity contribution is 0.0814. The first-order chi connectivity index (χ1) is 17.3. The van der Waals surface area contributed by atoms with Gasteiger partial charge in [-0.3, -0.25) is 9.78 Å². The summed E-state index contributed by atoms with van der Waals surface area (Å²) >= 11 is 0. The summed E-state index contributed by atoms with van der Waals surface area (Å²) in [7, 11) is 4.42. The van der Waals surface area contributed by atoms with E-state index in [1.54, 1.807) is 18.1 Å². The Morgan fingerprint density at radius 1 is 1.14 bits per heavy atom. The number of imidazole rings is 1. The van der Waals surface area contributed by atoms with Gasteiger partial charge in [0.1, 0.15) is 11.3 Å². The fraction of sp³-hybridized carbons (Fsp3) is 0.207. The minimum atomic E-state index is -0.146. The number of benzene rings is 2. The van der Waals surface area contributed by atoms with Gasteiger partial charge in [-0.1, -0.05) is 42.5 Å². The lowest BCUT2D eigenvalue weighted by Gasteiger charge is -2.08. The van der Waals surface area contributed by atoms with Gasteiger partial charge in [-0.25, -0.2) is 4.98 Å². The summed E-state index contributed by atoms with van der Waals surface area (Å²) in [6.45, 7) is 6.50. The molecule has 2 aromatic heterocycles. The lowest BCUT2D eigenvalue weighted by Crippen LogP contribution is -2.17. The fourth-order valence-corrected chi connectivity index (χ4v) is 4.46. The number of H-pyrrole nitrogens is 1. The minimum Gasteiger partial charge on any atom is -0.505 e. The first-order valence-electron chi connectivity index (χ1n) is 11.8. The van der Waals surface area contributed by atoms with E-state index >= 15 is 0 Å². The molecular formula is C29H31N4O2P. The Bertz CT molecular complexity index is 1470. The maximum absolute atomic E-state index is 12.1. The monoisotopic (exact) mass is 498 g/mol. The summed E-state index contributed by atoms with van der Waals surface area (Å²) < 4.78 is 0. The highest BCUT2D eigenvalue weighted by Crippen LogP contribution is 2.35. The number of amides is 1. The largest absolute Gasteiger partial charge is 0.505 e. The summed E-state index contributed by atoms with van der Waals surface area (Å²) in [5, 5.41) is 12.5. The molecule has 36 heavy (non-hydrogen) atoms. The number of hydrogen-bond donors (Lipinski definition) is 2. The van der Waals surface area contributed by atoms with Crippen LogP contribution in [0.2, 0.25) is 0 Å². The van der Waals surface area contributed by atoms with Crippen LogP contribution in [-0.4, -0.2) is 37.9 Å². The van der Waals surface area contributed by atoms with Crippen molar-refractivity contribution in [2.24, 2.45) is 0 Å². The van der Waals surface area contributed by atoms with Gasteiger partial charge >= 0.3 is 0 Å². The molecule has 2 N–H and O–H groups in total. The molecule has 1 atom stereocenters. The SMILES string of the molecule is C/C=C\C=C/c1nc(C)[nH]c1C.CN1Cc2cc3cc(Cc4ccc(P)cc4)cnc3c(O)c2C1=O. The average Bonchev–Trinajstić information content (AvgIpc) is 3.32. The maximum Gasteiger partial charge on any atom is 0.258 e. The second-order valence-electron chi connectivity index (χ2n) is 8.97. The van der Waals surface area contributed by atoms with Crippen LogP contribution in [-0.2, 0) is 13.0 Å². The molecule has 0 saturated heterocycles. The molecule has 5 rings (SSSR count). The molecule has 184 valence electrons. The molecule has 0 radical (unpaired) electrons. The van der Waals surface area contributed by atoms with Crippen LogP contribution in [0.5, 0.6) is 5.75 Å². The molecule has 0 saturated carbocycles. The zero-order valence-electron chi connectivity index (χ0n) is 21.0. The number of pyridine rings is 1. The quantitative estimate of drug-likeness (QED) is 0.298. The van der Waals surface area contributed by atoms with Crippen LogP contribution >= 0.6 is 9.24 Å². The van der Waals surface area contributed by atoms with Crippen molar-refractivity contribution in [3.63, 3.8) is 0 Å². The molecule has 0 fully saturated rings. The number of carbonyl (C=O) groups excluding carboxylic acids is 1. The van der Waals surface area contributed by atoms with Gasteiger partial charge in [0.05, 0.1) is 11.3 Å². The molecule has 3 heterocycles. The number of phenolic OH excluding ortho intramolecular Hbond substituents is 1. The number of nitrogens with one attached hydrogen (secondary N) is 1. The molecule has 6 nitrogen and oxygen atoms in total. The van der Waals surface area contributed by atoms with Crippen molar-refractivity contribution < 1.29 is 9.90 Å². The first-order valence-corrected chi connectivity index (χ1v) is 12.4. The second-order valence-corrected chi connectivity index (χ2v) is 9.64. The summed E-state index contributed by atoms with van der Waals surface area (Å²) in [6, 6.07) is 12.3. The summed E-state index contributed by atoms with van der Waals surface area (Å²) in [5.74, 6) is 0.816. The highest BCUT2D eigenvalue weighted by Gasteiger charge is 2.29. The Morgan fingerprint density at radius 2 is 1.89 bits per heavy atom. The molecule has 1 amide bonds. The molecule has 2 aromatic carbocycles. The van der Waals surface area contributed by atoms with E-state index in [1.165, 1.54) is 5.56 Å². The van der Waals surface area contributed by atoms with E-state index in [4.69, 9.17) is 0 Å². The third-order valence-electron chi connectivity index (χ3n) is 6.04. The highest BCUT2D eigenvalue weighted by atomic mass is 31.0. The molecule has 1 aliphatic heterocycles. The Labute approximate surface area is 214 Å². The van der Waals surface area contributed by atoms with Crippen LogP contribution < -0.4 is 5.30 Å². The van der Waals surface area contributed by atoms with Gasteiger partial charge in [0.25, 0.3) is 5.91 Å². The molecule has 7 heteroatoms. The average molecular weight is 499 g/mol. The van der Waals surface area contributed by atoms with Gasteiger partial charge in [-0.2, -0.15) is 0 Å². The van der Waals surface area contributed by atoms with Crippen molar-refractivity contribution in [1.29, 1.82) is 0 Å². The number of hydrogen-bond acceptors (Lipinski definition) is 4. The second kappa shape index (κ2) is 10.9. The van der Waals surface area contributed by atoms with Crippen molar-refractivity contribution in [2.45, 2.75) is 33.7 Å². The van der Waals surface area contributed by atoms with Crippen molar-refractivity contribution in [2.75, 3.05) is 7.05 Å². The van der Waals surface area contributed by atoms with Gasteiger partial charge in [0, 0.05) is 30.9 Å². The third-order valence-corrected chi connectivity index (χ3v) is 6.43. The van der Waals surface area contributed by atoms with Crippen molar-refractivity contribution in [3.05, 3.63) is 100 Å². The van der Waals surface area contributed by atoms with Gasteiger partial charge in [0.2, 0.25) is 0 Å². The number of aromatic amines is 1. The Balaban J connectivity index is 0.000000214. The number of carbonyl (C=O) groups is 1. The molecule has 0 bridgehead atoms. The smallest absolute Gasteiger partial charge is 0.258 e. The van der Waals surface area contributed by atoms with E-state index < -0.39 is 0 Å². The van der Waals surface area contributed by atoms with Gasteiger partial charge in [-0.15, -0.1) is 9.24 Å². The standard InChI is InChI=1S/C19H17N2O2P.C10H14N2/c1-21-10-14-8-13-7-12(6-11-2-4-15(24)5-3-11)9-20-17(13)18(22)16(14)19(21)23;1-4-5-6-7-10-8(2)11-9(3)12-10/h2-5,7-9,22H,6,10,24H2,1H3;4-7H,1-3H3,(H,11,12)/b;5-4-,7-6-. The third kappa shape index (κ3) is 5.55. The van der Waals surface area contributed by atoms with E-state index in [0.717, 1.165) is 45.5 Å². The van der Waals surface area contributed by atoms with E-state index in [0.29, 0.717) is 17.6 Å². The Hall–Kier alpha value is -3.76. The normalized spacial score (nSPS) is 13.0. The van der Waals surface area contributed by atoms with Crippen LogP contribution in [0.25, 0.3) is 17.0 Å². The van der Waals surface area contributed by atoms with Crippen molar-refractivity contribution >= 4 is 37.4 Å². The number of aryl methyl sites for hydroxylation is 2. The first kappa shape index (κ1) is 25.3. The van der Waals surface area contributed by atoms with E-state index in [9.17, 15) is 9.90 Å². The Kier molecular flexibility index (Phi) is 7.66. The van der Waals surface area contributed by atoms with Gasteiger partial charge in [-0.05, 0) is 67.4 Å². The zero-order chi connectivity index (χ0) is 25.8. The molecule has 4 aromatic rings. The van der Waals surface area contributed by atoms with E-state index in [-0.39, 0.29) is 11.7 Å². The number of phenols is 1. The predicted molar refractivity (Wildman–Crippen MR) is 150 cm³/mol.